The molecule has 9 heteroatoms. The molecule has 176 valence electrons. The van der Waals surface area contributed by atoms with Crippen LogP contribution in [0.3, 0.4) is 0 Å². The standard InChI is InChI=1S/C23H33N5O2S.HI/c1-4-24-23(25-17-20-11-9-19(2)10-12-20)26-18-21-7-5-6-8-22(21)31(29,30)28-15-13-27(3)14-16-28;/h5-12H,4,13-18H2,1-3H3,(H2,24,25,26);1H. The molecule has 0 amide bonds. The molecule has 7 nitrogen and oxygen atoms in total. The number of nitrogens with one attached hydrogen (secondary N) is 2. The third-order valence-electron chi connectivity index (χ3n) is 5.38. The van der Waals surface area contributed by atoms with Gasteiger partial charge in [0.15, 0.2) is 5.96 Å². The molecule has 0 radical (unpaired) electrons. The predicted molar refractivity (Wildman–Crippen MR) is 141 cm³/mol. The summed E-state index contributed by atoms with van der Waals surface area (Å²) >= 11 is 0. The van der Waals surface area contributed by atoms with Gasteiger partial charge in [-0.2, -0.15) is 4.31 Å². The highest BCUT2D eigenvalue weighted by atomic mass is 127. The second kappa shape index (κ2) is 12.5. The topological polar surface area (TPSA) is 77.0 Å². The third kappa shape index (κ3) is 7.16. The van der Waals surface area contributed by atoms with Crippen LogP contribution in [0.1, 0.15) is 23.6 Å². The van der Waals surface area contributed by atoms with Crippen molar-refractivity contribution in [3.8, 4) is 0 Å². The quantitative estimate of drug-likeness (QED) is 0.304. The van der Waals surface area contributed by atoms with Crippen LogP contribution in [0.4, 0.5) is 0 Å². The van der Waals surface area contributed by atoms with Crippen LogP contribution < -0.4 is 10.6 Å². The van der Waals surface area contributed by atoms with E-state index in [2.05, 4.69) is 51.7 Å². The molecule has 0 aliphatic carbocycles. The van der Waals surface area contributed by atoms with Gasteiger partial charge in [0.1, 0.15) is 0 Å². The lowest BCUT2D eigenvalue weighted by atomic mass is 10.1. The summed E-state index contributed by atoms with van der Waals surface area (Å²) in [7, 11) is -1.52. The van der Waals surface area contributed by atoms with Crippen molar-refractivity contribution in [1.82, 2.24) is 19.8 Å². The molecule has 1 saturated heterocycles. The number of hydrogen-bond acceptors (Lipinski definition) is 4. The number of guanidine groups is 1. The van der Waals surface area contributed by atoms with Gasteiger partial charge >= 0.3 is 0 Å². The fourth-order valence-corrected chi connectivity index (χ4v) is 5.10. The Bertz CT molecular complexity index is 988. The van der Waals surface area contributed by atoms with Crippen LogP contribution in [0.5, 0.6) is 0 Å². The van der Waals surface area contributed by atoms with Crippen LogP contribution in [-0.2, 0) is 23.1 Å². The number of rotatable bonds is 7. The maximum absolute atomic E-state index is 13.3. The van der Waals surface area contributed by atoms with E-state index in [1.807, 2.05) is 26.1 Å². The smallest absolute Gasteiger partial charge is 0.243 e. The van der Waals surface area contributed by atoms with E-state index in [0.717, 1.165) is 30.8 Å². The number of sulfonamides is 1. The zero-order valence-corrected chi connectivity index (χ0v) is 22.2. The first-order chi connectivity index (χ1) is 14.9. The SMILES string of the molecule is CCNC(=NCc1ccc(C)cc1)NCc1ccccc1S(=O)(=O)N1CCN(C)CC1.I. The van der Waals surface area contributed by atoms with Gasteiger partial charge < -0.3 is 15.5 Å². The van der Waals surface area contributed by atoms with E-state index in [4.69, 9.17) is 0 Å². The van der Waals surface area contributed by atoms with Crippen molar-refractivity contribution in [1.29, 1.82) is 0 Å². The first kappa shape index (κ1) is 26.6. The molecule has 2 N–H and O–H groups in total. The average molecular weight is 572 g/mol. The molecule has 1 aliphatic heterocycles. The van der Waals surface area contributed by atoms with Crippen molar-refractivity contribution in [2.45, 2.75) is 31.8 Å². The van der Waals surface area contributed by atoms with Crippen molar-refractivity contribution in [3.63, 3.8) is 0 Å². The summed E-state index contributed by atoms with van der Waals surface area (Å²) in [5.41, 5.74) is 3.08. The highest BCUT2D eigenvalue weighted by Gasteiger charge is 2.29. The first-order valence-electron chi connectivity index (χ1n) is 10.7. The lowest BCUT2D eigenvalue weighted by Gasteiger charge is -2.32. The van der Waals surface area contributed by atoms with E-state index < -0.39 is 10.0 Å². The fraction of sp³-hybridized carbons (Fsp3) is 0.435. The number of aryl methyl sites for hydroxylation is 1. The molecular formula is C23H34IN5O2S. The lowest BCUT2D eigenvalue weighted by molar-refractivity contribution is 0.222. The van der Waals surface area contributed by atoms with Crippen molar-refractivity contribution in [3.05, 3.63) is 65.2 Å². The Balaban J connectivity index is 0.00000363. The number of hydrogen-bond donors (Lipinski definition) is 2. The molecule has 0 bridgehead atoms. The van der Waals surface area contributed by atoms with Crippen LogP contribution in [0, 0.1) is 6.92 Å². The monoisotopic (exact) mass is 571 g/mol. The second-order valence-corrected chi connectivity index (χ2v) is 9.76. The van der Waals surface area contributed by atoms with E-state index in [1.165, 1.54) is 5.56 Å². The molecule has 3 rings (SSSR count). The first-order valence-corrected chi connectivity index (χ1v) is 12.2. The van der Waals surface area contributed by atoms with E-state index in [0.29, 0.717) is 37.0 Å². The third-order valence-corrected chi connectivity index (χ3v) is 7.38. The number of benzene rings is 2. The van der Waals surface area contributed by atoms with Crippen molar-refractivity contribution in [2.75, 3.05) is 39.8 Å². The molecule has 1 heterocycles. The van der Waals surface area contributed by atoms with Crippen LogP contribution in [-0.4, -0.2) is 63.4 Å². The van der Waals surface area contributed by atoms with E-state index in [-0.39, 0.29) is 24.0 Å². The second-order valence-electron chi connectivity index (χ2n) is 7.85. The molecule has 0 saturated carbocycles. The van der Waals surface area contributed by atoms with Gasteiger partial charge in [-0.3, -0.25) is 0 Å². The zero-order valence-electron chi connectivity index (χ0n) is 19.0. The van der Waals surface area contributed by atoms with Crippen molar-refractivity contribution in [2.24, 2.45) is 4.99 Å². The minimum absolute atomic E-state index is 0. The van der Waals surface area contributed by atoms with Crippen molar-refractivity contribution >= 4 is 40.0 Å². The van der Waals surface area contributed by atoms with E-state index in [9.17, 15) is 8.42 Å². The molecule has 2 aromatic carbocycles. The summed E-state index contributed by atoms with van der Waals surface area (Å²) in [5.74, 6) is 0.662. The Hall–Kier alpha value is -1.69. The number of likely N-dealkylation sites (N-methyl/N-ethyl adjacent to an activating group) is 1. The maximum atomic E-state index is 13.3. The van der Waals surface area contributed by atoms with Gasteiger partial charge in [0.05, 0.1) is 11.4 Å². The number of piperazine rings is 1. The molecule has 0 atom stereocenters. The molecule has 2 aromatic rings. The molecule has 1 fully saturated rings. The van der Waals surface area contributed by atoms with Crippen LogP contribution in [0.25, 0.3) is 0 Å². The minimum atomic E-state index is -3.53. The average Bonchev–Trinajstić information content (AvgIpc) is 2.77. The number of halogens is 1. The highest BCUT2D eigenvalue weighted by molar-refractivity contribution is 14.0. The summed E-state index contributed by atoms with van der Waals surface area (Å²) in [6.07, 6.45) is 0. The summed E-state index contributed by atoms with van der Waals surface area (Å²) < 4.78 is 28.1. The van der Waals surface area contributed by atoms with Gasteiger partial charge in [-0.1, -0.05) is 48.0 Å². The molecule has 1 aliphatic rings. The van der Waals surface area contributed by atoms with Crippen LogP contribution >= 0.6 is 24.0 Å². The van der Waals surface area contributed by atoms with Crippen LogP contribution in [0.2, 0.25) is 0 Å². The van der Waals surface area contributed by atoms with E-state index in [1.54, 1.807) is 16.4 Å². The largest absolute Gasteiger partial charge is 0.357 e. The van der Waals surface area contributed by atoms with Gasteiger partial charge in [-0.15, -0.1) is 24.0 Å². The summed E-state index contributed by atoms with van der Waals surface area (Å²) in [4.78, 5) is 7.16. The molecular weight excluding hydrogens is 537 g/mol. The molecule has 0 unspecified atom stereocenters. The van der Waals surface area contributed by atoms with Gasteiger partial charge in [-0.05, 0) is 38.1 Å². The Morgan fingerprint density at radius 1 is 1.00 bits per heavy atom. The predicted octanol–water partition coefficient (Wildman–Crippen LogP) is 2.80. The maximum Gasteiger partial charge on any atom is 0.243 e. The van der Waals surface area contributed by atoms with E-state index >= 15 is 0 Å². The van der Waals surface area contributed by atoms with Crippen LogP contribution in [0.15, 0.2) is 58.4 Å². The van der Waals surface area contributed by atoms with Gasteiger partial charge in [-0.25, -0.2) is 13.4 Å². The summed E-state index contributed by atoms with van der Waals surface area (Å²) in [6, 6.07) is 15.5. The minimum Gasteiger partial charge on any atom is -0.357 e. The molecule has 0 aromatic heterocycles. The van der Waals surface area contributed by atoms with Gasteiger partial charge in [0, 0.05) is 39.3 Å². The summed E-state index contributed by atoms with van der Waals surface area (Å²) in [5, 5.41) is 6.52. The number of aliphatic imine (C=N–C) groups is 1. The Morgan fingerprint density at radius 3 is 2.31 bits per heavy atom. The Labute approximate surface area is 209 Å². The van der Waals surface area contributed by atoms with Gasteiger partial charge in [0.25, 0.3) is 0 Å². The van der Waals surface area contributed by atoms with Gasteiger partial charge in [0.2, 0.25) is 10.0 Å². The van der Waals surface area contributed by atoms with Crippen molar-refractivity contribution < 1.29 is 8.42 Å². The summed E-state index contributed by atoms with van der Waals surface area (Å²) in [6.45, 7) is 8.25. The highest BCUT2D eigenvalue weighted by Crippen LogP contribution is 2.21. The Morgan fingerprint density at radius 2 is 1.66 bits per heavy atom. The Kier molecular flexibility index (Phi) is 10.4. The molecule has 32 heavy (non-hydrogen) atoms. The number of nitrogens with zero attached hydrogens (tertiary/aromatic N) is 3. The normalized spacial score (nSPS) is 15.8. The lowest BCUT2D eigenvalue weighted by Crippen LogP contribution is -2.47. The molecule has 0 spiro atoms. The zero-order chi connectivity index (χ0) is 22.3. The fourth-order valence-electron chi connectivity index (χ4n) is 3.45.